The van der Waals surface area contributed by atoms with Crippen LogP contribution in [0.5, 0.6) is 5.75 Å². The van der Waals surface area contributed by atoms with Crippen LogP contribution in [0.4, 0.5) is 0 Å². The van der Waals surface area contributed by atoms with Gasteiger partial charge < -0.3 is 10.5 Å². The summed E-state index contributed by atoms with van der Waals surface area (Å²) in [7, 11) is 0. The molecule has 5 nitrogen and oxygen atoms in total. The van der Waals surface area contributed by atoms with Crippen molar-refractivity contribution in [3.8, 4) is 17.9 Å². The van der Waals surface area contributed by atoms with Crippen LogP contribution in [0.2, 0.25) is 0 Å². The van der Waals surface area contributed by atoms with Crippen LogP contribution >= 0.6 is 0 Å². The van der Waals surface area contributed by atoms with E-state index in [4.69, 9.17) is 21.0 Å². The Morgan fingerprint density at radius 3 is 2.25 bits per heavy atom. The SMILES string of the molecule is N#Cc1cc(C#N)cc(OCCC(N)=O)c1. The molecule has 1 rings (SSSR count). The van der Waals surface area contributed by atoms with Gasteiger partial charge >= 0.3 is 0 Å². The molecule has 1 aromatic rings. The van der Waals surface area contributed by atoms with Crippen molar-refractivity contribution < 1.29 is 9.53 Å². The normalized spacial score (nSPS) is 8.88. The molecule has 1 amide bonds. The Morgan fingerprint density at radius 2 is 1.81 bits per heavy atom. The molecule has 0 radical (unpaired) electrons. The maximum absolute atomic E-state index is 10.5. The highest BCUT2D eigenvalue weighted by molar-refractivity contribution is 5.73. The number of nitrogens with two attached hydrogens (primary N) is 1. The first kappa shape index (κ1) is 11.5. The number of ether oxygens (including phenoxy) is 1. The van der Waals surface area contributed by atoms with Crippen molar-refractivity contribution in [2.24, 2.45) is 5.73 Å². The smallest absolute Gasteiger partial charge is 0.220 e. The zero-order valence-corrected chi connectivity index (χ0v) is 8.43. The van der Waals surface area contributed by atoms with Crippen LogP contribution in [-0.4, -0.2) is 12.5 Å². The predicted molar refractivity (Wildman–Crippen MR) is 55.2 cm³/mol. The molecule has 0 aliphatic heterocycles. The lowest BCUT2D eigenvalue weighted by molar-refractivity contribution is -0.118. The Kier molecular flexibility index (Phi) is 3.88. The van der Waals surface area contributed by atoms with Crippen LogP contribution in [0.15, 0.2) is 18.2 Å². The van der Waals surface area contributed by atoms with E-state index in [0.29, 0.717) is 16.9 Å². The van der Waals surface area contributed by atoms with Gasteiger partial charge in [-0.25, -0.2) is 0 Å². The van der Waals surface area contributed by atoms with E-state index in [-0.39, 0.29) is 13.0 Å². The van der Waals surface area contributed by atoms with Gasteiger partial charge in [0.15, 0.2) is 0 Å². The van der Waals surface area contributed by atoms with Crippen molar-refractivity contribution in [3.05, 3.63) is 29.3 Å². The summed E-state index contributed by atoms with van der Waals surface area (Å²) in [6.45, 7) is 0.134. The third-order valence-corrected chi connectivity index (χ3v) is 1.78. The van der Waals surface area contributed by atoms with Crippen LogP contribution in [-0.2, 0) is 4.79 Å². The number of amides is 1. The largest absolute Gasteiger partial charge is 0.493 e. The van der Waals surface area contributed by atoms with Gasteiger partial charge in [0.05, 0.1) is 36.3 Å². The number of carbonyl (C=O) groups excluding carboxylic acids is 1. The molecule has 0 spiro atoms. The second-order valence-electron chi connectivity index (χ2n) is 3.03. The molecule has 0 saturated carbocycles. The molecule has 0 heterocycles. The average Bonchev–Trinajstić information content (AvgIpc) is 2.28. The summed E-state index contributed by atoms with van der Waals surface area (Å²) in [5, 5.41) is 17.4. The zero-order chi connectivity index (χ0) is 12.0. The number of rotatable bonds is 4. The third kappa shape index (κ3) is 3.32. The predicted octanol–water partition coefficient (Wildman–Crippen LogP) is 0.684. The number of hydrogen-bond acceptors (Lipinski definition) is 4. The summed E-state index contributed by atoms with van der Waals surface area (Å²) in [4.78, 5) is 10.5. The van der Waals surface area contributed by atoms with Crippen LogP contribution in [0, 0.1) is 22.7 Å². The van der Waals surface area contributed by atoms with E-state index in [9.17, 15) is 4.79 Å². The Hall–Kier alpha value is -2.53. The highest BCUT2D eigenvalue weighted by atomic mass is 16.5. The topological polar surface area (TPSA) is 99.9 Å². The summed E-state index contributed by atoms with van der Waals surface area (Å²) in [5.74, 6) is -0.0752. The lowest BCUT2D eigenvalue weighted by Gasteiger charge is -2.05. The summed E-state index contributed by atoms with van der Waals surface area (Å²) in [6, 6.07) is 8.30. The van der Waals surface area contributed by atoms with Gasteiger partial charge in [-0.1, -0.05) is 0 Å². The van der Waals surface area contributed by atoms with Gasteiger partial charge in [-0.3, -0.25) is 4.79 Å². The second-order valence-corrected chi connectivity index (χ2v) is 3.03. The fourth-order valence-corrected chi connectivity index (χ4v) is 1.08. The van der Waals surface area contributed by atoms with Gasteiger partial charge in [-0.05, 0) is 18.2 Å². The molecule has 0 unspecified atom stereocenters. The monoisotopic (exact) mass is 215 g/mol. The number of hydrogen-bond donors (Lipinski definition) is 1. The molecule has 16 heavy (non-hydrogen) atoms. The molecule has 0 bridgehead atoms. The molecular weight excluding hydrogens is 206 g/mol. The average molecular weight is 215 g/mol. The summed E-state index contributed by atoms with van der Waals surface area (Å²) in [5.41, 5.74) is 5.63. The molecular formula is C11H9N3O2. The summed E-state index contributed by atoms with van der Waals surface area (Å²) in [6.07, 6.45) is 0.0959. The molecule has 2 N–H and O–H groups in total. The van der Waals surface area contributed by atoms with E-state index in [1.54, 1.807) is 0 Å². The highest BCUT2D eigenvalue weighted by Gasteiger charge is 2.02. The van der Waals surface area contributed by atoms with Crippen molar-refractivity contribution in [1.82, 2.24) is 0 Å². The Labute approximate surface area is 92.7 Å². The molecule has 0 atom stereocenters. The molecule has 0 aliphatic carbocycles. The third-order valence-electron chi connectivity index (χ3n) is 1.78. The van der Waals surface area contributed by atoms with Crippen LogP contribution < -0.4 is 10.5 Å². The van der Waals surface area contributed by atoms with Gasteiger partial charge in [0.25, 0.3) is 0 Å². The molecule has 0 aromatic heterocycles. The second kappa shape index (κ2) is 5.38. The maximum Gasteiger partial charge on any atom is 0.220 e. The first-order valence-corrected chi connectivity index (χ1v) is 4.52. The van der Waals surface area contributed by atoms with Crippen molar-refractivity contribution in [1.29, 1.82) is 10.5 Å². The molecule has 1 aromatic carbocycles. The summed E-state index contributed by atoms with van der Waals surface area (Å²) < 4.78 is 5.20. The minimum absolute atomic E-state index is 0.0959. The van der Waals surface area contributed by atoms with Crippen molar-refractivity contribution >= 4 is 5.91 Å². The summed E-state index contributed by atoms with van der Waals surface area (Å²) >= 11 is 0. The number of nitriles is 2. The van der Waals surface area contributed by atoms with E-state index < -0.39 is 5.91 Å². The van der Waals surface area contributed by atoms with Gasteiger partial charge in [0.1, 0.15) is 5.75 Å². The van der Waals surface area contributed by atoms with Gasteiger partial charge in [0.2, 0.25) is 5.91 Å². The van der Waals surface area contributed by atoms with Gasteiger partial charge in [0, 0.05) is 0 Å². The van der Waals surface area contributed by atoms with E-state index in [1.165, 1.54) is 18.2 Å². The van der Waals surface area contributed by atoms with Crippen LogP contribution in [0.3, 0.4) is 0 Å². The zero-order valence-electron chi connectivity index (χ0n) is 8.43. The fraction of sp³-hybridized carbons (Fsp3) is 0.182. The van der Waals surface area contributed by atoms with E-state index in [2.05, 4.69) is 0 Å². The lowest BCUT2D eigenvalue weighted by atomic mass is 10.1. The first-order chi connectivity index (χ1) is 7.65. The number of benzene rings is 1. The van der Waals surface area contributed by atoms with Gasteiger partial charge in [-0.2, -0.15) is 10.5 Å². The Bertz CT molecular complexity index is 451. The van der Waals surface area contributed by atoms with E-state index >= 15 is 0 Å². The quantitative estimate of drug-likeness (QED) is 0.798. The van der Waals surface area contributed by atoms with Crippen molar-refractivity contribution in [3.63, 3.8) is 0 Å². The maximum atomic E-state index is 10.5. The molecule has 0 aliphatic rings. The minimum Gasteiger partial charge on any atom is -0.493 e. The molecule has 5 heteroatoms. The highest BCUT2D eigenvalue weighted by Crippen LogP contribution is 2.16. The lowest BCUT2D eigenvalue weighted by Crippen LogP contribution is -2.14. The first-order valence-electron chi connectivity index (χ1n) is 4.52. The van der Waals surface area contributed by atoms with Crippen molar-refractivity contribution in [2.45, 2.75) is 6.42 Å². The Morgan fingerprint density at radius 1 is 1.25 bits per heavy atom. The fourth-order valence-electron chi connectivity index (χ4n) is 1.08. The number of primary amides is 1. The van der Waals surface area contributed by atoms with Crippen molar-refractivity contribution in [2.75, 3.05) is 6.61 Å². The number of carbonyl (C=O) groups is 1. The molecule has 0 saturated heterocycles. The Balaban J connectivity index is 2.77. The van der Waals surface area contributed by atoms with Crippen LogP contribution in [0.1, 0.15) is 17.5 Å². The van der Waals surface area contributed by atoms with E-state index in [1.807, 2.05) is 12.1 Å². The van der Waals surface area contributed by atoms with Gasteiger partial charge in [-0.15, -0.1) is 0 Å². The van der Waals surface area contributed by atoms with Crippen LogP contribution in [0.25, 0.3) is 0 Å². The minimum atomic E-state index is -0.461. The molecule has 80 valence electrons. The number of nitrogens with zero attached hydrogens (tertiary/aromatic N) is 2. The standard InChI is InChI=1S/C11H9N3O2/c12-6-8-3-9(7-13)5-10(4-8)16-2-1-11(14)15/h3-5H,1-2H2,(H2,14,15). The van der Waals surface area contributed by atoms with E-state index in [0.717, 1.165) is 0 Å². The molecule has 0 fully saturated rings.